The van der Waals surface area contributed by atoms with Gasteiger partial charge in [0.1, 0.15) is 11.5 Å². The van der Waals surface area contributed by atoms with E-state index in [0.29, 0.717) is 0 Å². The van der Waals surface area contributed by atoms with Gasteiger partial charge in [-0.25, -0.2) is 4.99 Å². The molecule has 0 fully saturated rings. The summed E-state index contributed by atoms with van der Waals surface area (Å²) in [4.78, 5) is 9.42. The van der Waals surface area contributed by atoms with Crippen molar-refractivity contribution in [2.45, 2.75) is 6.92 Å². The lowest BCUT2D eigenvalue weighted by Gasteiger charge is -2.08. The maximum Gasteiger partial charge on any atom is 0.278 e. The normalized spacial score (nSPS) is 12.3. The molecule has 0 unspecified atom stereocenters. The number of aryl methyl sites for hydroxylation is 1. The molecular formula is C32H28N4O+. The summed E-state index contributed by atoms with van der Waals surface area (Å²) in [7, 11) is 1.91. The maximum atomic E-state index is 5.90. The highest BCUT2D eigenvalue weighted by atomic mass is 16.5. The Balaban J connectivity index is 1.18. The van der Waals surface area contributed by atoms with Gasteiger partial charge in [0, 0.05) is 48.4 Å². The van der Waals surface area contributed by atoms with E-state index in [9.17, 15) is 0 Å². The minimum atomic E-state index is 0.782. The maximum absolute atomic E-state index is 5.90. The Hall–Kier alpha value is -4.90. The Morgan fingerprint density at radius 3 is 1.76 bits per heavy atom. The minimum absolute atomic E-state index is 0.782. The first kappa shape index (κ1) is 23.8. The van der Waals surface area contributed by atoms with Crippen molar-refractivity contribution >= 4 is 39.9 Å². The first-order chi connectivity index (χ1) is 18.1. The Morgan fingerprint density at radius 1 is 0.622 bits per heavy atom. The molecule has 1 aliphatic rings. The number of ether oxygens (including phenoxy) is 1. The highest BCUT2D eigenvalue weighted by Crippen LogP contribution is 2.24. The molecule has 2 N–H and O–H groups in total. The molecule has 5 nitrogen and oxygen atoms in total. The predicted octanol–water partition coefficient (Wildman–Crippen LogP) is 7.88. The third-order valence-corrected chi connectivity index (χ3v) is 5.79. The van der Waals surface area contributed by atoms with Crippen molar-refractivity contribution in [3.63, 3.8) is 0 Å². The van der Waals surface area contributed by atoms with E-state index in [2.05, 4.69) is 17.6 Å². The van der Waals surface area contributed by atoms with E-state index in [1.807, 2.05) is 128 Å². The lowest BCUT2D eigenvalue weighted by Crippen LogP contribution is -2.04. The molecule has 0 bridgehead atoms. The molecule has 1 aliphatic carbocycles. The van der Waals surface area contributed by atoms with Crippen LogP contribution < -0.4 is 20.4 Å². The number of rotatable bonds is 7. The van der Waals surface area contributed by atoms with E-state index in [-0.39, 0.29) is 0 Å². The minimum Gasteiger partial charge on any atom is -0.457 e. The number of hydrogen-bond donors (Lipinski definition) is 2. The van der Waals surface area contributed by atoms with Gasteiger partial charge >= 0.3 is 0 Å². The van der Waals surface area contributed by atoms with Gasteiger partial charge in [-0.3, -0.25) is 0 Å². The van der Waals surface area contributed by atoms with E-state index >= 15 is 0 Å². The third kappa shape index (κ3) is 6.61. The molecule has 0 heterocycles. The van der Waals surface area contributed by atoms with E-state index < -0.39 is 0 Å². The molecule has 1 radical (unpaired) electrons. The van der Waals surface area contributed by atoms with Crippen LogP contribution in [0.4, 0.5) is 28.4 Å². The molecular weight excluding hydrogens is 456 g/mol. The average molecular weight is 485 g/mol. The standard InChI is InChI=1S/C32H28N4O/c1-23-3-19-31(20-4-23)37-32-21-17-30(18-22-32)36-29-15-13-28(14-16-29)35-27-11-9-26(10-12-27)34-25-7-5-24(33-2)6-8-25/h3-22,33-34H,1-2H3/q+1. The lowest BCUT2D eigenvalue weighted by molar-refractivity contribution is 0.482. The Kier molecular flexibility index (Phi) is 7.23. The van der Waals surface area contributed by atoms with Crippen LogP contribution in [0.1, 0.15) is 5.56 Å². The number of aliphatic imine (C=N–C) groups is 2. The van der Waals surface area contributed by atoms with Crippen LogP contribution in [-0.2, 0) is 0 Å². The first-order valence-corrected chi connectivity index (χ1v) is 12.2. The quantitative estimate of drug-likeness (QED) is 0.262. The molecule has 4 aromatic carbocycles. The number of hydrogen-bond acceptors (Lipinski definition) is 5. The van der Waals surface area contributed by atoms with Crippen LogP contribution in [-0.4, -0.2) is 18.5 Å². The molecule has 0 atom stereocenters. The molecule has 0 amide bonds. The fourth-order valence-electron chi connectivity index (χ4n) is 3.74. The number of allylic oxidation sites excluding steroid dienone is 4. The average Bonchev–Trinajstić information content (AvgIpc) is 2.94. The van der Waals surface area contributed by atoms with Crippen molar-refractivity contribution in [3.05, 3.63) is 127 Å². The lowest BCUT2D eigenvalue weighted by atomic mass is 10.1. The second-order valence-corrected chi connectivity index (χ2v) is 8.65. The highest BCUT2D eigenvalue weighted by Gasteiger charge is 2.11. The number of benzene rings is 4. The SMILES string of the molecule is CNc1ccc(Nc2ccc(N=C3C=CC(=[N+]c4ccc(Oc5ccc(C)cc5)cc4)C=C3)cc2)cc1. The fourth-order valence-corrected chi connectivity index (χ4v) is 3.74. The predicted molar refractivity (Wildman–Crippen MR) is 156 cm³/mol. The topological polar surface area (TPSA) is 59.8 Å². The number of nitrogens with zero attached hydrogens (tertiary/aromatic N) is 2. The van der Waals surface area contributed by atoms with Crippen LogP contribution in [0, 0.1) is 6.92 Å². The Labute approximate surface area is 217 Å². The van der Waals surface area contributed by atoms with E-state index in [1.165, 1.54) is 5.56 Å². The van der Waals surface area contributed by atoms with Gasteiger partial charge < -0.3 is 15.4 Å². The summed E-state index contributed by atoms with van der Waals surface area (Å²) in [5.74, 6) is 1.60. The highest BCUT2D eigenvalue weighted by molar-refractivity contribution is 6.19. The van der Waals surface area contributed by atoms with Gasteiger partial charge in [0.15, 0.2) is 0 Å². The second kappa shape index (κ2) is 11.2. The van der Waals surface area contributed by atoms with E-state index in [0.717, 1.165) is 51.4 Å². The molecule has 0 aromatic heterocycles. The van der Waals surface area contributed by atoms with Gasteiger partial charge in [-0.2, -0.15) is 0 Å². The molecule has 5 rings (SSSR count). The van der Waals surface area contributed by atoms with Crippen molar-refractivity contribution in [2.24, 2.45) is 4.99 Å². The van der Waals surface area contributed by atoms with Crippen molar-refractivity contribution in [1.82, 2.24) is 4.99 Å². The zero-order chi connectivity index (χ0) is 25.5. The van der Waals surface area contributed by atoms with Gasteiger partial charge in [-0.15, -0.1) is 0 Å². The molecule has 5 heteroatoms. The zero-order valence-electron chi connectivity index (χ0n) is 20.8. The summed E-state index contributed by atoms with van der Waals surface area (Å²) >= 11 is 0. The molecule has 181 valence electrons. The summed E-state index contributed by atoms with van der Waals surface area (Å²) in [5.41, 5.74) is 7.85. The van der Waals surface area contributed by atoms with Crippen LogP contribution in [0.2, 0.25) is 0 Å². The van der Waals surface area contributed by atoms with Gasteiger partial charge in [0.2, 0.25) is 0 Å². The molecule has 4 aromatic rings. The van der Waals surface area contributed by atoms with Crippen LogP contribution in [0.5, 0.6) is 11.5 Å². The summed E-state index contributed by atoms with van der Waals surface area (Å²) in [5, 5.41) is 6.53. The summed E-state index contributed by atoms with van der Waals surface area (Å²) in [6.07, 6.45) is 7.90. The van der Waals surface area contributed by atoms with Crippen LogP contribution >= 0.6 is 0 Å². The van der Waals surface area contributed by atoms with Gasteiger partial charge in [0.25, 0.3) is 11.4 Å². The molecule has 0 aliphatic heterocycles. The number of nitrogens with one attached hydrogen (secondary N) is 2. The Morgan fingerprint density at radius 2 is 1.16 bits per heavy atom. The van der Waals surface area contributed by atoms with Crippen LogP contribution in [0.25, 0.3) is 0 Å². The molecule has 0 saturated carbocycles. The molecule has 37 heavy (non-hydrogen) atoms. The first-order valence-electron chi connectivity index (χ1n) is 12.2. The van der Waals surface area contributed by atoms with Crippen molar-refractivity contribution in [2.75, 3.05) is 17.7 Å². The smallest absolute Gasteiger partial charge is 0.278 e. The molecule has 0 saturated heterocycles. The third-order valence-electron chi connectivity index (χ3n) is 5.79. The summed E-state index contributed by atoms with van der Waals surface area (Å²) < 4.78 is 5.90. The van der Waals surface area contributed by atoms with Crippen molar-refractivity contribution in [3.8, 4) is 11.5 Å². The van der Waals surface area contributed by atoms with Gasteiger partial charge in [0.05, 0.1) is 16.4 Å². The monoisotopic (exact) mass is 484 g/mol. The molecule has 0 spiro atoms. The van der Waals surface area contributed by atoms with Crippen LogP contribution in [0.15, 0.2) is 126 Å². The summed E-state index contributed by atoms with van der Waals surface area (Å²) in [6.45, 7) is 2.06. The van der Waals surface area contributed by atoms with Gasteiger partial charge in [-0.1, -0.05) is 17.7 Å². The van der Waals surface area contributed by atoms with E-state index in [1.54, 1.807) is 0 Å². The largest absolute Gasteiger partial charge is 0.457 e. The zero-order valence-corrected chi connectivity index (χ0v) is 20.8. The van der Waals surface area contributed by atoms with E-state index in [4.69, 9.17) is 14.7 Å². The van der Waals surface area contributed by atoms with Crippen LogP contribution in [0.3, 0.4) is 0 Å². The van der Waals surface area contributed by atoms with Crippen molar-refractivity contribution < 1.29 is 4.74 Å². The van der Waals surface area contributed by atoms with Crippen molar-refractivity contribution in [1.29, 1.82) is 0 Å². The fraction of sp³-hybridized carbons (Fsp3) is 0.0625. The number of anilines is 3. The summed E-state index contributed by atoms with van der Waals surface area (Å²) in [6, 6.07) is 32.0. The Bertz CT molecular complexity index is 1440. The van der Waals surface area contributed by atoms with Gasteiger partial charge in [-0.05, 0) is 91.9 Å². The second-order valence-electron chi connectivity index (χ2n) is 8.65.